The summed E-state index contributed by atoms with van der Waals surface area (Å²) in [5.74, 6) is 0.0790. The first-order valence-electron chi connectivity index (χ1n) is 8.84. The third-order valence-electron chi connectivity index (χ3n) is 4.19. The van der Waals surface area contributed by atoms with Crippen LogP contribution in [0.5, 0.6) is 5.75 Å². The Morgan fingerprint density at radius 3 is 2.43 bits per heavy atom. The molecule has 0 spiro atoms. The zero-order valence-corrected chi connectivity index (χ0v) is 17.2. The van der Waals surface area contributed by atoms with E-state index in [4.69, 9.17) is 4.74 Å². The van der Waals surface area contributed by atoms with E-state index < -0.39 is 10.7 Å². The highest BCUT2D eigenvalue weighted by atomic mass is 79.9. The van der Waals surface area contributed by atoms with Crippen molar-refractivity contribution < 1.29 is 14.5 Å². The highest BCUT2D eigenvalue weighted by Gasteiger charge is 2.15. The van der Waals surface area contributed by atoms with Crippen molar-refractivity contribution >= 4 is 33.5 Å². The third-order valence-corrected chi connectivity index (χ3v) is 4.72. The van der Waals surface area contributed by atoms with Gasteiger partial charge in [0.1, 0.15) is 24.0 Å². The molecule has 6 nitrogen and oxygen atoms in total. The summed E-state index contributed by atoms with van der Waals surface area (Å²) >= 11 is 3.39. The van der Waals surface area contributed by atoms with Gasteiger partial charge in [-0.05, 0) is 41.5 Å². The molecule has 0 N–H and O–H groups in total. The van der Waals surface area contributed by atoms with E-state index in [2.05, 4.69) is 15.9 Å². The van der Waals surface area contributed by atoms with E-state index in [1.807, 2.05) is 30.3 Å². The number of nitriles is 1. The Morgan fingerprint density at radius 1 is 1.10 bits per heavy atom. The molecule has 3 aromatic carbocycles. The monoisotopic (exact) mass is 462 g/mol. The second-order valence-corrected chi connectivity index (χ2v) is 7.21. The van der Waals surface area contributed by atoms with Gasteiger partial charge < -0.3 is 4.74 Å². The number of nitro groups is 1. The molecule has 0 bridgehead atoms. The van der Waals surface area contributed by atoms with Crippen LogP contribution in [0.25, 0.3) is 6.08 Å². The summed E-state index contributed by atoms with van der Waals surface area (Å²) in [5.41, 5.74) is 1.44. The minimum atomic E-state index is -0.584. The van der Waals surface area contributed by atoms with Crippen molar-refractivity contribution in [3.63, 3.8) is 0 Å². The number of nitro benzene ring substituents is 1. The first-order chi connectivity index (χ1) is 14.5. The van der Waals surface area contributed by atoms with Crippen LogP contribution in [0.3, 0.4) is 0 Å². The zero-order valence-electron chi connectivity index (χ0n) is 15.6. The number of ketones is 1. The van der Waals surface area contributed by atoms with E-state index in [1.54, 1.807) is 24.3 Å². The molecule has 0 aromatic heterocycles. The topological polar surface area (TPSA) is 93.2 Å². The Kier molecular flexibility index (Phi) is 6.73. The molecular weight excluding hydrogens is 448 g/mol. The molecule has 0 saturated carbocycles. The SMILES string of the molecule is N#CC(=Cc1ccc(OCc2ccc(Br)cc2)cc1)C(=O)c1cccc([N+](=O)[O-])c1. The van der Waals surface area contributed by atoms with Gasteiger partial charge in [0.25, 0.3) is 5.69 Å². The number of carbonyl (C=O) groups is 1. The Labute approximate surface area is 181 Å². The summed E-state index contributed by atoms with van der Waals surface area (Å²) in [7, 11) is 0. The number of Topliss-reactive ketones (excluding diaryl/α,β-unsaturated/α-hetero) is 1. The van der Waals surface area contributed by atoms with Crippen molar-refractivity contribution in [3.8, 4) is 11.8 Å². The van der Waals surface area contributed by atoms with Gasteiger partial charge in [-0.25, -0.2) is 0 Å². The Bertz CT molecular complexity index is 1150. The lowest BCUT2D eigenvalue weighted by atomic mass is 10.0. The number of rotatable bonds is 7. The van der Waals surface area contributed by atoms with Gasteiger partial charge in [-0.1, -0.05) is 52.3 Å². The number of halogens is 1. The van der Waals surface area contributed by atoms with Gasteiger partial charge in [-0.3, -0.25) is 14.9 Å². The fourth-order valence-corrected chi connectivity index (χ4v) is 2.90. The van der Waals surface area contributed by atoms with Crippen LogP contribution in [0.1, 0.15) is 21.5 Å². The molecule has 0 fully saturated rings. The molecule has 0 amide bonds. The molecule has 0 unspecified atom stereocenters. The standard InChI is InChI=1S/C23H15BrN2O4/c24-20-8-4-17(5-9-20)15-30-22-10-6-16(7-11-22)12-19(14-25)23(27)18-2-1-3-21(13-18)26(28)29/h1-13H,15H2. The molecule has 0 aliphatic carbocycles. The maximum Gasteiger partial charge on any atom is 0.270 e. The van der Waals surface area contributed by atoms with Gasteiger partial charge in [0.2, 0.25) is 5.78 Å². The Hall–Kier alpha value is -3.76. The van der Waals surface area contributed by atoms with E-state index >= 15 is 0 Å². The molecule has 3 aromatic rings. The van der Waals surface area contributed by atoms with Crippen molar-refractivity contribution in [2.24, 2.45) is 0 Å². The summed E-state index contributed by atoms with van der Waals surface area (Å²) in [6.45, 7) is 0.414. The van der Waals surface area contributed by atoms with Crippen LogP contribution in [0.15, 0.2) is 82.8 Å². The average Bonchev–Trinajstić information content (AvgIpc) is 2.77. The lowest BCUT2D eigenvalue weighted by molar-refractivity contribution is -0.384. The van der Waals surface area contributed by atoms with Crippen LogP contribution in [-0.4, -0.2) is 10.7 Å². The van der Waals surface area contributed by atoms with Crippen LogP contribution in [0.4, 0.5) is 5.69 Å². The van der Waals surface area contributed by atoms with Gasteiger partial charge in [0, 0.05) is 22.2 Å². The number of carbonyl (C=O) groups excluding carboxylic acids is 1. The first kappa shape index (κ1) is 21.0. The van der Waals surface area contributed by atoms with Crippen LogP contribution in [0.2, 0.25) is 0 Å². The largest absolute Gasteiger partial charge is 0.489 e. The molecule has 148 valence electrons. The first-order valence-corrected chi connectivity index (χ1v) is 9.64. The van der Waals surface area contributed by atoms with Gasteiger partial charge in [0.05, 0.1) is 4.92 Å². The molecule has 0 atom stereocenters. The number of hydrogen-bond acceptors (Lipinski definition) is 5. The average molecular weight is 463 g/mol. The molecule has 7 heteroatoms. The van der Waals surface area contributed by atoms with Crippen LogP contribution in [0, 0.1) is 21.4 Å². The summed E-state index contributed by atoms with van der Waals surface area (Å²) in [4.78, 5) is 22.9. The van der Waals surface area contributed by atoms with Gasteiger partial charge in [-0.2, -0.15) is 5.26 Å². The zero-order chi connectivity index (χ0) is 21.5. The second kappa shape index (κ2) is 9.63. The number of allylic oxidation sites excluding steroid dienone is 1. The number of hydrogen-bond donors (Lipinski definition) is 0. The number of benzene rings is 3. The van der Waals surface area contributed by atoms with Crippen LogP contribution in [-0.2, 0) is 6.61 Å². The molecule has 30 heavy (non-hydrogen) atoms. The molecule has 0 aliphatic heterocycles. The van der Waals surface area contributed by atoms with Gasteiger partial charge in [0.15, 0.2) is 0 Å². The summed E-state index contributed by atoms with van der Waals surface area (Å²) < 4.78 is 6.73. The summed E-state index contributed by atoms with van der Waals surface area (Å²) in [6.07, 6.45) is 1.44. The number of ether oxygens (including phenoxy) is 1. The van der Waals surface area contributed by atoms with Crippen LogP contribution >= 0.6 is 15.9 Å². The van der Waals surface area contributed by atoms with Crippen molar-refractivity contribution in [1.82, 2.24) is 0 Å². The third kappa shape index (κ3) is 5.40. The molecule has 0 saturated heterocycles. The van der Waals surface area contributed by atoms with Gasteiger partial charge >= 0.3 is 0 Å². The molecule has 0 aliphatic rings. The summed E-state index contributed by atoms with van der Waals surface area (Å²) in [6, 6.07) is 21.9. The lowest BCUT2D eigenvalue weighted by Gasteiger charge is -2.07. The van der Waals surface area contributed by atoms with Crippen molar-refractivity contribution in [2.75, 3.05) is 0 Å². The summed E-state index contributed by atoms with van der Waals surface area (Å²) in [5, 5.41) is 20.3. The Morgan fingerprint density at radius 2 is 1.80 bits per heavy atom. The predicted octanol–water partition coefficient (Wildman–Crippen LogP) is 5.73. The molecule has 0 heterocycles. The van der Waals surface area contributed by atoms with E-state index in [1.165, 1.54) is 24.3 Å². The predicted molar refractivity (Wildman–Crippen MR) is 116 cm³/mol. The minimum Gasteiger partial charge on any atom is -0.489 e. The highest BCUT2D eigenvalue weighted by molar-refractivity contribution is 9.10. The maximum atomic E-state index is 12.6. The van der Waals surface area contributed by atoms with Gasteiger partial charge in [-0.15, -0.1) is 0 Å². The maximum absolute atomic E-state index is 12.6. The minimum absolute atomic E-state index is 0.0893. The second-order valence-electron chi connectivity index (χ2n) is 6.29. The lowest BCUT2D eigenvalue weighted by Crippen LogP contribution is -2.02. The van der Waals surface area contributed by atoms with E-state index in [-0.39, 0.29) is 16.8 Å². The Balaban J connectivity index is 1.72. The van der Waals surface area contributed by atoms with E-state index in [0.29, 0.717) is 17.9 Å². The smallest absolute Gasteiger partial charge is 0.270 e. The van der Waals surface area contributed by atoms with Crippen molar-refractivity contribution in [3.05, 3.63) is 110 Å². The van der Waals surface area contributed by atoms with Crippen molar-refractivity contribution in [2.45, 2.75) is 6.61 Å². The van der Waals surface area contributed by atoms with Crippen LogP contribution < -0.4 is 4.74 Å². The number of non-ortho nitro benzene ring substituents is 1. The van der Waals surface area contributed by atoms with Crippen molar-refractivity contribution in [1.29, 1.82) is 5.26 Å². The fraction of sp³-hybridized carbons (Fsp3) is 0.0435. The molecule has 3 rings (SSSR count). The van der Waals surface area contributed by atoms with E-state index in [9.17, 15) is 20.2 Å². The molecular formula is C23H15BrN2O4. The fourth-order valence-electron chi connectivity index (χ4n) is 2.64. The van der Waals surface area contributed by atoms with E-state index in [0.717, 1.165) is 16.1 Å². The highest BCUT2D eigenvalue weighted by Crippen LogP contribution is 2.20. The quantitative estimate of drug-likeness (QED) is 0.147. The number of nitrogens with zero attached hydrogens (tertiary/aromatic N) is 2. The normalized spacial score (nSPS) is 10.9. The molecule has 0 radical (unpaired) electrons.